The third-order valence-corrected chi connectivity index (χ3v) is 18.7. The van der Waals surface area contributed by atoms with Gasteiger partial charge in [0.15, 0.2) is 18.9 Å². The van der Waals surface area contributed by atoms with Crippen molar-refractivity contribution in [2.75, 3.05) is 26.4 Å². The Morgan fingerprint density at radius 1 is 0.366 bits per heavy atom. The molecular formula is C82H139NO18. The van der Waals surface area contributed by atoms with Gasteiger partial charge < -0.3 is 89.9 Å². The first kappa shape index (κ1) is 91.4. The quantitative estimate of drug-likeness (QED) is 0.0199. The molecule has 12 N–H and O–H groups in total. The van der Waals surface area contributed by atoms with Gasteiger partial charge in [0.1, 0.15) is 73.2 Å². The minimum absolute atomic E-state index is 0.198. The number of allylic oxidation sites excluding steroid dienone is 19. The van der Waals surface area contributed by atoms with Crippen LogP contribution < -0.4 is 5.32 Å². The molecule has 19 heteroatoms. The van der Waals surface area contributed by atoms with Crippen molar-refractivity contribution in [3.05, 3.63) is 122 Å². The predicted octanol–water partition coefficient (Wildman–Crippen LogP) is 12.7. The number of rotatable bonds is 60. The second-order valence-electron chi connectivity index (χ2n) is 27.4. The molecule has 0 saturated carbocycles. The lowest BCUT2D eigenvalue weighted by molar-refractivity contribution is -0.379. The van der Waals surface area contributed by atoms with Gasteiger partial charge in [-0.3, -0.25) is 4.79 Å². The molecule has 0 aromatic rings. The van der Waals surface area contributed by atoms with Crippen molar-refractivity contribution in [3.63, 3.8) is 0 Å². The van der Waals surface area contributed by atoms with E-state index in [1.807, 2.05) is 6.08 Å². The zero-order valence-electron chi connectivity index (χ0n) is 61.8. The van der Waals surface area contributed by atoms with Crippen molar-refractivity contribution in [2.45, 2.75) is 362 Å². The van der Waals surface area contributed by atoms with E-state index in [9.17, 15) is 61.0 Å². The van der Waals surface area contributed by atoms with E-state index in [0.29, 0.717) is 12.8 Å². The number of nitrogens with one attached hydrogen (secondary N) is 1. The van der Waals surface area contributed by atoms with Crippen molar-refractivity contribution in [1.82, 2.24) is 5.32 Å². The van der Waals surface area contributed by atoms with Crippen LogP contribution in [0.25, 0.3) is 0 Å². The van der Waals surface area contributed by atoms with Crippen LogP contribution in [0.2, 0.25) is 0 Å². The molecule has 3 aliphatic heterocycles. The molecule has 17 atom stereocenters. The summed E-state index contributed by atoms with van der Waals surface area (Å²) in [4.78, 5) is 13.5. The Balaban J connectivity index is 1.42. The van der Waals surface area contributed by atoms with E-state index in [0.717, 1.165) is 96.3 Å². The number of aliphatic hydroxyl groups is 11. The monoisotopic (exact) mass is 1430 g/mol. The molecular weight excluding hydrogens is 1290 g/mol. The molecule has 101 heavy (non-hydrogen) atoms. The molecule has 19 nitrogen and oxygen atoms in total. The number of carbonyl (C=O) groups excluding carboxylic acids is 1. The lowest BCUT2D eigenvalue weighted by atomic mass is 9.96. The van der Waals surface area contributed by atoms with Gasteiger partial charge in [0.2, 0.25) is 5.91 Å². The van der Waals surface area contributed by atoms with Crippen molar-refractivity contribution in [3.8, 4) is 0 Å². The van der Waals surface area contributed by atoms with E-state index in [2.05, 4.69) is 129 Å². The summed E-state index contributed by atoms with van der Waals surface area (Å²) in [7, 11) is 0. The Bertz CT molecular complexity index is 2300. The van der Waals surface area contributed by atoms with Gasteiger partial charge in [-0.15, -0.1) is 0 Å². The average molecular weight is 1430 g/mol. The van der Waals surface area contributed by atoms with E-state index in [1.54, 1.807) is 6.08 Å². The van der Waals surface area contributed by atoms with Gasteiger partial charge in [0.25, 0.3) is 0 Å². The predicted molar refractivity (Wildman–Crippen MR) is 401 cm³/mol. The number of ether oxygens (including phenoxy) is 6. The molecule has 17 unspecified atom stereocenters. The molecule has 0 aromatic carbocycles. The van der Waals surface area contributed by atoms with Gasteiger partial charge in [-0.2, -0.15) is 0 Å². The first-order valence-corrected chi connectivity index (χ1v) is 39.3. The summed E-state index contributed by atoms with van der Waals surface area (Å²) in [5.41, 5.74) is 0. The summed E-state index contributed by atoms with van der Waals surface area (Å²) in [6, 6.07) is -1.02. The molecule has 0 spiro atoms. The SMILES string of the molecule is CC/C=C\C/C=C\C/C=C\C/C=C\C/C=C\C/C=C\C/C=C\C/C=C\CCCCCCC(=O)NC(COC1OC(CO)C(OC2OC(CO)C(OC3OC(CO)C(O)C(O)C3O)C(O)C2O)C(O)C1O)C(O)/C=C/CC/C=C/CCCCCCCCCCCCCCCCCCCCCCC. The van der Waals surface area contributed by atoms with Gasteiger partial charge in [0, 0.05) is 6.42 Å². The fraction of sp³-hybridized carbons (Fsp3) is 0.744. The fourth-order valence-corrected chi connectivity index (χ4v) is 12.5. The lowest BCUT2D eigenvalue weighted by Gasteiger charge is -2.48. The molecule has 3 saturated heterocycles. The smallest absolute Gasteiger partial charge is 0.220 e. The summed E-state index contributed by atoms with van der Waals surface area (Å²) in [5.74, 6) is -0.313. The van der Waals surface area contributed by atoms with Gasteiger partial charge in [-0.25, -0.2) is 0 Å². The molecule has 0 aliphatic carbocycles. The molecule has 3 rings (SSSR count). The van der Waals surface area contributed by atoms with E-state index >= 15 is 0 Å². The zero-order chi connectivity index (χ0) is 73.2. The number of hydrogen-bond acceptors (Lipinski definition) is 18. The Hall–Kier alpha value is -3.81. The van der Waals surface area contributed by atoms with Crippen LogP contribution in [0.4, 0.5) is 0 Å². The van der Waals surface area contributed by atoms with Crippen molar-refractivity contribution >= 4 is 5.91 Å². The first-order chi connectivity index (χ1) is 49.3. The second-order valence-corrected chi connectivity index (χ2v) is 27.4. The van der Waals surface area contributed by atoms with Gasteiger partial charge >= 0.3 is 0 Å². The maximum atomic E-state index is 13.5. The fourth-order valence-electron chi connectivity index (χ4n) is 12.5. The minimum Gasteiger partial charge on any atom is -0.394 e. The van der Waals surface area contributed by atoms with Gasteiger partial charge in [0.05, 0.1) is 38.6 Å². The third kappa shape index (κ3) is 41.6. The highest BCUT2D eigenvalue weighted by Crippen LogP contribution is 2.33. The van der Waals surface area contributed by atoms with Crippen LogP contribution in [0.1, 0.15) is 258 Å². The topological polar surface area (TPSA) is 307 Å². The Morgan fingerprint density at radius 3 is 1.11 bits per heavy atom. The molecule has 3 fully saturated rings. The second kappa shape index (κ2) is 61.4. The standard InChI is InChI=1S/C82H139NO18/c1-3-5-7-9-11-13-15-17-19-21-23-25-27-29-31-32-34-36-38-40-42-44-46-48-50-52-54-56-58-60-70(88)83-65(66(87)59-57-55-53-51-49-47-45-43-41-39-37-35-33-30-28-26-24-22-20-18-16-14-12-10-8-6-4-2)64-96-80-76(94)73(91)78(68(62-85)98-80)101-82-77(95)74(92)79(69(63-86)99-82)100-81-75(93)72(90)71(89)67(61-84)97-81/h5,7,11,13,17,19,23,25,29,31,34,36,40,42,46,48-49,51,57,59,65-69,71-82,84-87,89-95H,3-4,6,8-10,12,14-16,18,20-22,24,26-28,30,32-33,35,37-39,41,43-45,47,50,52-56,58,60-64H2,1-2H3,(H,83,88)/b7-5-,13-11-,19-17-,25-23-,31-29-,36-34-,42-40-,48-46-,51-49+,59-57+. The highest BCUT2D eigenvalue weighted by atomic mass is 16.8. The molecule has 0 radical (unpaired) electrons. The van der Waals surface area contributed by atoms with Crippen LogP contribution in [0.15, 0.2) is 122 Å². The van der Waals surface area contributed by atoms with Crippen LogP contribution in [-0.2, 0) is 33.2 Å². The molecule has 3 aliphatic rings. The van der Waals surface area contributed by atoms with Crippen LogP contribution in [0.3, 0.4) is 0 Å². The van der Waals surface area contributed by atoms with E-state index in [1.165, 1.54) is 128 Å². The molecule has 0 bridgehead atoms. The third-order valence-electron chi connectivity index (χ3n) is 18.7. The van der Waals surface area contributed by atoms with Crippen molar-refractivity contribution in [1.29, 1.82) is 0 Å². The summed E-state index contributed by atoms with van der Waals surface area (Å²) in [6.45, 7) is 1.59. The van der Waals surface area contributed by atoms with Crippen LogP contribution in [0, 0.1) is 0 Å². The van der Waals surface area contributed by atoms with Crippen LogP contribution >= 0.6 is 0 Å². The average Bonchev–Trinajstić information content (AvgIpc) is 0.796. The molecule has 1 amide bonds. The minimum atomic E-state index is -1.99. The first-order valence-electron chi connectivity index (χ1n) is 39.3. The number of amides is 1. The summed E-state index contributed by atoms with van der Waals surface area (Å²) < 4.78 is 34.4. The van der Waals surface area contributed by atoms with Crippen LogP contribution in [0.5, 0.6) is 0 Å². The molecule has 580 valence electrons. The maximum absolute atomic E-state index is 13.5. The number of carbonyl (C=O) groups is 1. The lowest BCUT2D eigenvalue weighted by Crippen LogP contribution is -2.66. The van der Waals surface area contributed by atoms with Crippen molar-refractivity contribution in [2.24, 2.45) is 0 Å². The highest BCUT2D eigenvalue weighted by molar-refractivity contribution is 5.76. The van der Waals surface area contributed by atoms with Crippen molar-refractivity contribution < 1.29 is 89.4 Å². The summed E-state index contributed by atoms with van der Waals surface area (Å²) in [5, 5.41) is 121. The zero-order valence-corrected chi connectivity index (χ0v) is 61.8. The van der Waals surface area contributed by atoms with E-state index < -0.39 is 124 Å². The molecule has 3 heterocycles. The Labute approximate surface area is 608 Å². The maximum Gasteiger partial charge on any atom is 0.220 e. The normalized spacial score (nSPS) is 27.0. The largest absolute Gasteiger partial charge is 0.394 e. The van der Waals surface area contributed by atoms with Gasteiger partial charge in [-0.1, -0.05) is 277 Å². The van der Waals surface area contributed by atoms with E-state index in [-0.39, 0.29) is 18.9 Å². The van der Waals surface area contributed by atoms with E-state index in [4.69, 9.17) is 28.4 Å². The number of unbranched alkanes of at least 4 members (excludes halogenated alkanes) is 26. The van der Waals surface area contributed by atoms with Gasteiger partial charge in [-0.05, 0) is 96.3 Å². The summed E-state index contributed by atoms with van der Waals surface area (Å²) >= 11 is 0. The number of aliphatic hydroxyl groups excluding tert-OH is 11. The Morgan fingerprint density at radius 2 is 0.693 bits per heavy atom. The number of hydrogen-bond donors (Lipinski definition) is 12. The summed E-state index contributed by atoms with van der Waals surface area (Å²) in [6.07, 6.45) is 58.9. The van der Waals surface area contributed by atoms with Crippen LogP contribution in [-0.4, -0.2) is 193 Å². The molecule has 0 aromatic heterocycles. The highest BCUT2D eigenvalue weighted by Gasteiger charge is 2.53. The Kier molecular flexibility index (Phi) is 55.5.